The Kier molecular flexibility index (Phi) is 3.46. The molecule has 0 fully saturated rings. The summed E-state index contributed by atoms with van der Waals surface area (Å²) < 4.78 is 22.4. The van der Waals surface area contributed by atoms with Crippen molar-refractivity contribution in [2.45, 2.75) is 11.8 Å². The maximum atomic E-state index is 11.2. The van der Waals surface area contributed by atoms with Crippen LogP contribution in [0.15, 0.2) is 35.7 Å². The Balaban J connectivity index is 3.18. The lowest BCUT2D eigenvalue weighted by atomic mass is 10.2. The van der Waals surface area contributed by atoms with Gasteiger partial charge in [0, 0.05) is 5.69 Å². The summed E-state index contributed by atoms with van der Waals surface area (Å²) in [5.41, 5.74) is 0.888. The Labute approximate surface area is 94.0 Å². The summed E-state index contributed by atoms with van der Waals surface area (Å²) in [6, 6.07) is 4.47. The molecule has 1 rings (SSSR count). The monoisotopic (exact) mass is 240 g/mol. The number of carbonyl (C=O) groups excluding carboxylic acids is 1. The average molecular weight is 240 g/mol. The first kappa shape index (κ1) is 12.4. The van der Waals surface area contributed by atoms with Gasteiger partial charge in [-0.05, 0) is 30.7 Å². The summed E-state index contributed by atoms with van der Waals surface area (Å²) >= 11 is 0. The number of anilines is 1. The van der Waals surface area contributed by atoms with Crippen molar-refractivity contribution in [1.29, 1.82) is 0 Å². The Morgan fingerprint density at radius 3 is 2.62 bits per heavy atom. The third-order valence-electron chi connectivity index (χ3n) is 1.95. The summed E-state index contributed by atoms with van der Waals surface area (Å²) in [6.07, 6.45) is 1.09. The molecule has 5 nitrogen and oxygen atoms in total. The lowest BCUT2D eigenvalue weighted by molar-refractivity contribution is -0.111. The molecule has 86 valence electrons. The minimum absolute atomic E-state index is 0.00522. The van der Waals surface area contributed by atoms with Gasteiger partial charge in [0.2, 0.25) is 15.9 Å². The molecule has 0 heterocycles. The van der Waals surface area contributed by atoms with E-state index in [0.29, 0.717) is 11.3 Å². The predicted octanol–water partition coefficient (Wildman–Crippen LogP) is 0.767. The highest BCUT2D eigenvalue weighted by Gasteiger charge is 2.12. The van der Waals surface area contributed by atoms with Crippen molar-refractivity contribution in [3.05, 3.63) is 36.4 Å². The summed E-state index contributed by atoms with van der Waals surface area (Å²) in [5, 5.41) is 7.48. The SMILES string of the molecule is C=CC(=O)Nc1ccc(C)c(S(N)(=O)=O)c1. The first-order chi connectivity index (χ1) is 7.34. The van der Waals surface area contributed by atoms with E-state index in [-0.39, 0.29) is 4.90 Å². The number of primary sulfonamides is 1. The molecule has 1 aromatic carbocycles. The van der Waals surface area contributed by atoms with Crippen molar-refractivity contribution in [3.63, 3.8) is 0 Å². The molecule has 0 spiro atoms. The van der Waals surface area contributed by atoms with E-state index < -0.39 is 15.9 Å². The minimum atomic E-state index is -3.78. The normalized spacial score (nSPS) is 10.9. The second-order valence-corrected chi connectivity index (χ2v) is 4.75. The van der Waals surface area contributed by atoms with Crippen LogP contribution in [0.2, 0.25) is 0 Å². The zero-order valence-electron chi connectivity index (χ0n) is 8.73. The molecule has 16 heavy (non-hydrogen) atoms. The molecule has 0 atom stereocenters. The number of amides is 1. The first-order valence-electron chi connectivity index (χ1n) is 4.41. The van der Waals surface area contributed by atoms with E-state index in [9.17, 15) is 13.2 Å². The van der Waals surface area contributed by atoms with Crippen LogP contribution in [0.3, 0.4) is 0 Å². The van der Waals surface area contributed by atoms with Gasteiger partial charge in [-0.15, -0.1) is 0 Å². The Bertz CT molecular complexity index is 535. The molecule has 6 heteroatoms. The number of nitrogens with two attached hydrogens (primary N) is 1. The fourth-order valence-corrected chi connectivity index (χ4v) is 1.99. The maximum absolute atomic E-state index is 11.2. The highest BCUT2D eigenvalue weighted by Crippen LogP contribution is 2.18. The van der Waals surface area contributed by atoms with Gasteiger partial charge in [-0.3, -0.25) is 4.79 Å². The quantitative estimate of drug-likeness (QED) is 0.764. The highest BCUT2D eigenvalue weighted by atomic mass is 32.2. The van der Waals surface area contributed by atoms with Crippen molar-refractivity contribution in [1.82, 2.24) is 0 Å². The van der Waals surface area contributed by atoms with Gasteiger partial charge in [-0.25, -0.2) is 13.6 Å². The van der Waals surface area contributed by atoms with Crippen molar-refractivity contribution < 1.29 is 13.2 Å². The average Bonchev–Trinajstić information content (AvgIpc) is 2.19. The molecule has 1 amide bonds. The summed E-state index contributed by atoms with van der Waals surface area (Å²) in [7, 11) is -3.78. The number of carbonyl (C=O) groups is 1. The first-order valence-corrected chi connectivity index (χ1v) is 5.96. The van der Waals surface area contributed by atoms with Gasteiger partial charge in [-0.2, -0.15) is 0 Å². The van der Waals surface area contributed by atoms with E-state index in [2.05, 4.69) is 11.9 Å². The van der Waals surface area contributed by atoms with E-state index in [4.69, 9.17) is 5.14 Å². The number of sulfonamides is 1. The van der Waals surface area contributed by atoms with E-state index in [0.717, 1.165) is 6.08 Å². The fourth-order valence-electron chi connectivity index (χ4n) is 1.18. The van der Waals surface area contributed by atoms with Crippen LogP contribution in [-0.4, -0.2) is 14.3 Å². The standard InChI is InChI=1S/C10H12N2O3S/c1-3-10(13)12-8-5-4-7(2)9(6-8)16(11,14)15/h3-6H,1H2,2H3,(H,12,13)(H2,11,14,15). The molecule has 0 radical (unpaired) electrons. The second kappa shape index (κ2) is 4.46. The molecular weight excluding hydrogens is 228 g/mol. The minimum Gasteiger partial charge on any atom is -0.322 e. The zero-order valence-corrected chi connectivity index (χ0v) is 9.54. The molecule has 0 saturated heterocycles. The number of rotatable bonds is 3. The van der Waals surface area contributed by atoms with Crippen LogP contribution in [0.5, 0.6) is 0 Å². The molecule has 0 aliphatic carbocycles. The Hall–Kier alpha value is -1.66. The van der Waals surface area contributed by atoms with Crippen LogP contribution >= 0.6 is 0 Å². The smallest absolute Gasteiger partial charge is 0.247 e. The largest absolute Gasteiger partial charge is 0.322 e. The lowest BCUT2D eigenvalue weighted by Crippen LogP contribution is -2.15. The van der Waals surface area contributed by atoms with Gasteiger partial charge in [0.15, 0.2) is 0 Å². The van der Waals surface area contributed by atoms with Gasteiger partial charge < -0.3 is 5.32 Å². The van der Waals surface area contributed by atoms with Gasteiger partial charge in [0.25, 0.3) is 0 Å². The van der Waals surface area contributed by atoms with Crippen LogP contribution in [0, 0.1) is 6.92 Å². The molecule has 1 aromatic rings. The Morgan fingerprint density at radius 1 is 1.50 bits per heavy atom. The lowest BCUT2D eigenvalue weighted by Gasteiger charge is -2.07. The fraction of sp³-hybridized carbons (Fsp3) is 0.100. The molecule has 0 bridgehead atoms. The molecule has 0 aromatic heterocycles. The van der Waals surface area contributed by atoms with Gasteiger partial charge in [0.1, 0.15) is 0 Å². The summed E-state index contributed by atoms with van der Waals surface area (Å²) in [4.78, 5) is 11.0. The van der Waals surface area contributed by atoms with Crippen molar-refractivity contribution in [2.75, 3.05) is 5.32 Å². The number of aryl methyl sites for hydroxylation is 1. The third-order valence-corrected chi connectivity index (χ3v) is 3.00. The summed E-state index contributed by atoms with van der Waals surface area (Å²) in [5.74, 6) is -0.413. The highest BCUT2D eigenvalue weighted by molar-refractivity contribution is 7.89. The number of nitrogens with one attached hydrogen (secondary N) is 1. The molecule has 0 unspecified atom stereocenters. The summed E-state index contributed by atoms with van der Waals surface area (Å²) in [6.45, 7) is 4.91. The van der Waals surface area contributed by atoms with Crippen LogP contribution in [0.25, 0.3) is 0 Å². The molecule has 0 aliphatic rings. The Morgan fingerprint density at radius 2 is 2.12 bits per heavy atom. The van der Waals surface area contributed by atoms with E-state index >= 15 is 0 Å². The van der Waals surface area contributed by atoms with Crippen molar-refractivity contribution in [2.24, 2.45) is 5.14 Å². The predicted molar refractivity (Wildman–Crippen MR) is 61.4 cm³/mol. The molecule has 0 saturated carbocycles. The van der Waals surface area contributed by atoms with E-state index in [1.165, 1.54) is 6.07 Å². The molecule has 0 aliphatic heterocycles. The number of hydrogen-bond donors (Lipinski definition) is 2. The second-order valence-electron chi connectivity index (χ2n) is 3.22. The number of benzene rings is 1. The number of hydrogen-bond acceptors (Lipinski definition) is 3. The third kappa shape index (κ3) is 2.91. The molecular formula is C10H12N2O3S. The van der Waals surface area contributed by atoms with E-state index in [1.54, 1.807) is 19.1 Å². The van der Waals surface area contributed by atoms with Crippen molar-refractivity contribution >= 4 is 21.6 Å². The van der Waals surface area contributed by atoms with E-state index in [1.807, 2.05) is 0 Å². The molecule has 3 N–H and O–H groups in total. The van der Waals surface area contributed by atoms with Gasteiger partial charge >= 0.3 is 0 Å². The van der Waals surface area contributed by atoms with Crippen LogP contribution < -0.4 is 10.5 Å². The van der Waals surface area contributed by atoms with Crippen LogP contribution in [0.4, 0.5) is 5.69 Å². The van der Waals surface area contributed by atoms with Gasteiger partial charge in [0.05, 0.1) is 4.90 Å². The van der Waals surface area contributed by atoms with Crippen molar-refractivity contribution in [3.8, 4) is 0 Å². The van der Waals surface area contributed by atoms with Gasteiger partial charge in [-0.1, -0.05) is 12.6 Å². The maximum Gasteiger partial charge on any atom is 0.247 e. The topological polar surface area (TPSA) is 89.3 Å². The van der Waals surface area contributed by atoms with Crippen LogP contribution in [0.1, 0.15) is 5.56 Å². The van der Waals surface area contributed by atoms with Crippen LogP contribution in [-0.2, 0) is 14.8 Å². The zero-order chi connectivity index (χ0) is 12.3.